The summed E-state index contributed by atoms with van der Waals surface area (Å²) in [6.45, 7) is 14.1. The first-order valence-corrected chi connectivity index (χ1v) is 15.0. The van der Waals surface area contributed by atoms with Crippen molar-refractivity contribution < 1.29 is 22.7 Å². The maximum Gasteiger partial charge on any atom is 0.264 e. The van der Waals surface area contributed by atoms with Crippen LogP contribution in [0, 0.1) is 11.3 Å². The summed E-state index contributed by atoms with van der Waals surface area (Å²) >= 11 is 0. The summed E-state index contributed by atoms with van der Waals surface area (Å²) in [6.07, 6.45) is 3.84. The summed E-state index contributed by atoms with van der Waals surface area (Å²) in [5.41, 5.74) is 1.99. The highest BCUT2D eigenvalue weighted by molar-refractivity contribution is 7.92. The molecule has 2 aliphatic rings. The van der Waals surface area contributed by atoms with Crippen LogP contribution in [-0.2, 0) is 21.2 Å². The molecular formula is C30H43NO5S. The fourth-order valence-electron chi connectivity index (χ4n) is 4.71. The number of ketones is 1. The maximum absolute atomic E-state index is 13.7. The number of fused-ring (bicyclic) bond motifs is 1. The van der Waals surface area contributed by atoms with Crippen molar-refractivity contribution in [1.29, 1.82) is 0 Å². The van der Waals surface area contributed by atoms with E-state index in [2.05, 4.69) is 27.7 Å². The average molecular weight is 530 g/mol. The predicted octanol–water partition coefficient (Wildman–Crippen LogP) is 6.67. The van der Waals surface area contributed by atoms with Crippen LogP contribution >= 0.6 is 0 Å². The molecular weight excluding hydrogens is 486 g/mol. The zero-order valence-corrected chi connectivity index (χ0v) is 24.1. The van der Waals surface area contributed by atoms with E-state index in [9.17, 15) is 13.2 Å². The second-order valence-corrected chi connectivity index (χ2v) is 12.7. The molecule has 2 aromatic rings. The summed E-state index contributed by atoms with van der Waals surface area (Å²) < 4.78 is 40.7. The fourth-order valence-corrected chi connectivity index (χ4v) is 6.37. The van der Waals surface area contributed by atoms with Gasteiger partial charge in [0.1, 0.15) is 11.9 Å². The Hall–Kier alpha value is -2.38. The second kappa shape index (κ2) is 12.4. The minimum atomic E-state index is -3.86. The molecule has 1 unspecified atom stereocenters. The van der Waals surface area contributed by atoms with Crippen molar-refractivity contribution >= 4 is 21.5 Å². The van der Waals surface area contributed by atoms with Gasteiger partial charge in [0.25, 0.3) is 10.0 Å². The standard InChI is InChI=1S/C27H35NO5S.C3H8/c1-5-20-6-8-21(9-7-20)28(18-19(2)3)34(30,31)22-10-11-25-23(16-22)24(29)17-26(33-25)27(4)12-14-32-15-13-27;1-3-2/h6-11,16,19,26H,5,12-15,17-18H2,1-4H3;3H2,1-2H3. The van der Waals surface area contributed by atoms with Crippen molar-refractivity contribution in [1.82, 2.24) is 0 Å². The van der Waals surface area contributed by atoms with E-state index in [0.29, 0.717) is 36.8 Å². The highest BCUT2D eigenvalue weighted by Crippen LogP contribution is 2.42. The molecule has 4 rings (SSSR count). The minimum absolute atomic E-state index is 0.0706. The topological polar surface area (TPSA) is 72.9 Å². The van der Waals surface area contributed by atoms with Crippen LogP contribution in [0.5, 0.6) is 5.75 Å². The van der Waals surface area contributed by atoms with Crippen LogP contribution in [0.3, 0.4) is 0 Å². The largest absolute Gasteiger partial charge is 0.489 e. The Morgan fingerprint density at radius 3 is 2.22 bits per heavy atom. The Kier molecular flexibility index (Phi) is 9.81. The first-order valence-electron chi connectivity index (χ1n) is 13.6. The summed E-state index contributed by atoms with van der Waals surface area (Å²) in [5, 5.41) is 0. The number of nitrogens with zero attached hydrogens (tertiary/aromatic N) is 1. The van der Waals surface area contributed by atoms with Crippen molar-refractivity contribution in [3.63, 3.8) is 0 Å². The third-order valence-electron chi connectivity index (χ3n) is 7.06. The molecule has 37 heavy (non-hydrogen) atoms. The number of sulfonamides is 1. The Labute approximate surface area is 223 Å². The highest BCUT2D eigenvalue weighted by Gasteiger charge is 2.42. The van der Waals surface area contributed by atoms with E-state index in [0.717, 1.165) is 24.8 Å². The molecule has 0 aromatic heterocycles. The fraction of sp³-hybridized carbons (Fsp3) is 0.567. The number of benzene rings is 2. The summed E-state index contributed by atoms with van der Waals surface area (Å²) in [5.74, 6) is 0.526. The minimum Gasteiger partial charge on any atom is -0.489 e. The number of ether oxygens (including phenoxy) is 2. The molecule has 7 heteroatoms. The maximum atomic E-state index is 13.7. The van der Waals surface area contributed by atoms with Gasteiger partial charge in [0, 0.05) is 31.6 Å². The number of hydrogen-bond donors (Lipinski definition) is 0. The number of carbonyl (C=O) groups excluding carboxylic acids is 1. The van der Waals surface area contributed by atoms with E-state index in [1.54, 1.807) is 12.1 Å². The molecule has 0 saturated carbocycles. The van der Waals surface area contributed by atoms with Gasteiger partial charge in [-0.1, -0.05) is 60.1 Å². The molecule has 1 saturated heterocycles. The van der Waals surface area contributed by atoms with Gasteiger partial charge in [-0.3, -0.25) is 9.10 Å². The van der Waals surface area contributed by atoms with Gasteiger partial charge in [-0.25, -0.2) is 8.42 Å². The van der Waals surface area contributed by atoms with E-state index >= 15 is 0 Å². The molecule has 1 fully saturated rings. The number of hydrogen-bond acceptors (Lipinski definition) is 5. The molecule has 2 heterocycles. The predicted molar refractivity (Wildman–Crippen MR) is 149 cm³/mol. The quantitative estimate of drug-likeness (QED) is 0.401. The van der Waals surface area contributed by atoms with E-state index in [-0.39, 0.29) is 34.5 Å². The van der Waals surface area contributed by atoms with Crippen LogP contribution in [0.25, 0.3) is 0 Å². The van der Waals surface area contributed by atoms with Crippen LogP contribution in [0.2, 0.25) is 0 Å². The van der Waals surface area contributed by atoms with E-state index < -0.39 is 10.0 Å². The third kappa shape index (κ3) is 6.74. The number of anilines is 1. The van der Waals surface area contributed by atoms with Crippen LogP contribution in [0.4, 0.5) is 5.69 Å². The lowest BCUT2D eigenvalue weighted by atomic mass is 9.74. The Balaban J connectivity index is 0.00000121. The lowest BCUT2D eigenvalue weighted by Gasteiger charge is -2.42. The molecule has 0 radical (unpaired) electrons. The molecule has 2 aromatic carbocycles. The van der Waals surface area contributed by atoms with Gasteiger partial charge in [-0.05, 0) is 61.1 Å². The molecule has 6 nitrogen and oxygen atoms in total. The van der Waals surface area contributed by atoms with Gasteiger partial charge in [0.05, 0.1) is 16.1 Å². The summed E-state index contributed by atoms with van der Waals surface area (Å²) in [4.78, 5) is 13.2. The summed E-state index contributed by atoms with van der Waals surface area (Å²) in [6, 6.07) is 12.3. The lowest BCUT2D eigenvalue weighted by Crippen LogP contribution is -2.44. The zero-order chi connectivity index (χ0) is 27.2. The molecule has 204 valence electrons. The van der Waals surface area contributed by atoms with Crippen molar-refractivity contribution in [3.8, 4) is 5.75 Å². The first-order chi connectivity index (χ1) is 17.6. The van der Waals surface area contributed by atoms with E-state index in [1.165, 1.54) is 16.8 Å². The van der Waals surface area contributed by atoms with Gasteiger partial charge >= 0.3 is 0 Å². The van der Waals surface area contributed by atoms with Crippen molar-refractivity contribution in [2.24, 2.45) is 11.3 Å². The smallest absolute Gasteiger partial charge is 0.264 e. The van der Waals surface area contributed by atoms with Crippen molar-refractivity contribution in [2.45, 2.75) is 84.6 Å². The van der Waals surface area contributed by atoms with Crippen LogP contribution < -0.4 is 9.04 Å². The molecule has 1 atom stereocenters. The van der Waals surface area contributed by atoms with Gasteiger partial charge in [-0.2, -0.15) is 0 Å². The SMILES string of the molecule is CCC.CCc1ccc(N(CC(C)C)S(=O)(=O)c2ccc3c(c2)C(=O)CC(C2(C)CCOCC2)O3)cc1. The van der Waals surface area contributed by atoms with Crippen LogP contribution in [-0.4, -0.2) is 40.1 Å². The Morgan fingerprint density at radius 2 is 1.65 bits per heavy atom. The van der Waals surface area contributed by atoms with Gasteiger partial charge in [-0.15, -0.1) is 0 Å². The second-order valence-electron chi connectivity index (χ2n) is 10.8. The van der Waals surface area contributed by atoms with Crippen molar-refractivity contribution in [3.05, 3.63) is 53.6 Å². The molecule has 0 spiro atoms. The third-order valence-corrected chi connectivity index (χ3v) is 8.85. The number of aryl methyl sites for hydroxylation is 1. The molecule has 0 bridgehead atoms. The average Bonchev–Trinajstić information content (AvgIpc) is 2.88. The lowest BCUT2D eigenvalue weighted by molar-refractivity contribution is -0.0433. The van der Waals surface area contributed by atoms with E-state index in [1.807, 2.05) is 38.1 Å². The zero-order valence-electron chi connectivity index (χ0n) is 23.2. The van der Waals surface area contributed by atoms with Gasteiger partial charge < -0.3 is 9.47 Å². The number of carbonyl (C=O) groups is 1. The van der Waals surface area contributed by atoms with E-state index in [4.69, 9.17) is 9.47 Å². The number of rotatable bonds is 7. The first kappa shape index (κ1) is 29.2. The van der Waals surface area contributed by atoms with Crippen molar-refractivity contribution in [2.75, 3.05) is 24.1 Å². The molecule has 0 N–H and O–H groups in total. The van der Waals surface area contributed by atoms with Gasteiger partial charge in [0.2, 0.25) is 0 Å². The highest BCUT2D eigenvalue weighted by atomic mass is 32.2. The molecule has 2 aliphatic heterocycles. The molecule has 0 aliphatic carbocycles. The molecule has 0 amide bonds. The normalized spacial score (nSPS) is 18.9. The van der Waals surface area contributed by atoms with Crippen LogP contribution in [0.1, 0.15) is 83.1 Å². The van der Waals surface area contributed by atoms with Crippen LogP contribution in [0.15, 0.2) is 47.4 Å². The monoisotopic (exact) mass is 529 g/mol. The summed E-state index contributed by atoms with van der Waals surface area (Å²) in [7, 11) is -3.86. The number of Topliss-reactive ketones (excluding diaryl/α,β-unsaturated/α-hetero) is 1. The Morgan fingerprint density at radius 1 is 1.03 bits per heavy atom. The van der Waals surface area contributed by atoms with Gasteiger partial charge in [0.15, 0.2) is 5.78 Å². The Bertz CT molecular complexity index is 1150.